The number of amides is 1. The number of aromatic amines is 1. The monoisotopic (exact) mass is 374 g/mol. The molecule has 0 unspecified atom stereocenters. The zero-order valence-electron chi connectivity index (χ0n) is 13.5. The Labute approximate surface area is 191 Å². The van der Waals surface area contributed by atoms with Crippen molar-refractivity contribution in [1.82, 2.24) is 4.98 Å². The number of hydrogen-bond acceptors (Lipinski definition) is 2. The standard InChI is InChI=1S/C19H13ClN2O2.K/c20-11-5-7-12(8-6-11)21-19(24)17-16(23)10-9-14-13-3-1-2-4-15(13)22-18(14)17;/h1-10,22-23H,(H,21,24);/q;+1/p-1. The SMILES string of the molecule is O=C(Nc1ccc(Cl)cc1)c1c([O-])ccc2c1[nH]c1ccccc12.[K+]. The number of carbonyl (C=O) groups is 1. The maximum Gasteiger partial charge on any atom is 1.00 e. The van der Waals surface area contributed by atoms with Gasteiger partial charge in [0.25, 0.3) is 5.91 Å². The molecule has 0 aliphatic rings. The number of para-hydroxylation sites is 1. The van der Waals surface area contributed by atoms with Gasteiger partial charge in [0, 0.05) is 27.0 Å². The molecule has 0 fully saturated rings. The molecule has 6 heteroatoms. The molecule has 1 aromatic heterocycles. The molecule has 1 amide bonds. The first-order valence-electron chi connectivity index (χ1n) is 7.41. The molecule has 2 N–H and O–H groups in total. The van der Waals surface area contributed by atoms with E-state index in [4.69, 9.17) is 11.6 Å². The first-order chi connectivity index (χ1) is 11.6. The largest absolute Gasteiger partial charge is 1.00 e. The van der Waals surface area contributed by atoms with Crippen molar-refractivity contribution in [3.63, 3.8) is 0 Å². The zero-order valence-corrected chi connectivity index (χ0v) is 17.3. The van der Waals surface area contributed by atoms with Gasteiger partial charge in [-0.15, -0.1) is 0 Å². The minimum atomic E-state index is -0.445. The van der Waals surface area contributed by atoms with E-state index in [1.54, 1.807) is 30.3 Å². The van der Waals surface area contributed by atoms with Gasteiger partial charge < -0.3 is 15.4 Å². The molecule has 0 saturated carbocycles. The Bertz CT molecular complexity index is 1070. The molecule has 4 rings (SSSR count). The third-order valence-corrected chi connectivity index (χ3v) is 4.23. The Hall–Kier alpha value is -1.34. The van der Waals surface area contributed by atoms with Gasteiger partial charge in [0.2, 0.25) is 0 Å². The average molecular weight is 375 g/mol. The van der Waals surface area contributed by atoms with Crippen LogP contribution in [-0.2, 0) is 0 Å². The number of rotatable bonds is 2. The van der Waals surface area contributed by atoms with E-state index in [0.717, 1.165) is 16.3 Å². The summed E-state index contributed by atoms with van der Waals surface area (Å²) in [5, 5.41) is 17.5. The summed E-state index contributed by atoms with van der Waals surface area (Å²) in [6.45, 7) is 0. The number of hydrogen-bond donors (Lipinski definition) is 2. The quantitative estimate of drug-likeness (QED) is 0.519. The Balaban J connectivity index is 0.00000182. The Morgan fingerprint density at radius 3 is 2.44 bits per heavy atom. The van der Waals surface area contributed by atoms with Gasteiger partial charge in [0.05, 0.1) is 11.1 Å². The van der Waals surface area contributed by atoms with E-state index < -0.39 is 5.91 Å². The Morgan fingerprint density at radius 2 is 1.68 bits per heavy atom. The smallest absolute Gasteiger partial charge is 0.872 e. The molecule has 1 heterocycles. The summed E-state index contributed by atoms with van der Waals surface area (Å²) < 4.78 is 0. The predicted octanol–water partition coefficient (Wildman–Crippen LogP) is 1.30. The summed E-state index contributed by atoms with van der Waals surface area (Å²) in [5.41, 5.74) is 2.13. The fourth-order valence-electron chi connectivity index (χ4n) is 2.85. The fourth-order valence-corrected chi connectivity index (χ4v) is 2.98. The summed E-state index contributed by atoms with van der Waals surface area (Å²) in [6, 6.07) is 17.6. The van der Waals surface area contributed by atoms with E-state index in [9.17, 15) is 9.90 Å². The van der Waals surface area contributed by atoms with Crippen LogP contribution in [0.4, 0.5) is 5.69 Å². The van der Waals surface area contributed by atoms with Crippen LogP contribution in [-0.4, -0.2) is 10.9 Å². The summed E-state index contributed by atoms with van der Waals surface area (Å²) in [6.07, 6.45) is 0. The molecule has 0 bridgehead atoms. The maximum atomic E-state index is 12.6. The van der Waals surface area contributed by atoms with E-state index in [2.05, 4.69) is 10.3 Å². The second-order valence-corrected chi connectivity index (χ2v) is 5.93. The molecular weight excluding hydrogens is 363 g/mol. The fraction of sp³-hybridized carbons (Fsp3) is 0. The topological polar surface area (TPSA) is 67.9 Å². The summed E-state index contributed by atoms with van der Waals surface area (Å²) in [7, 11) is 0. The molecule has 0 aliphatic carbocycles. The van der Waals surface area contributed by atoms with Gasteiger partial charge in [-0.1, -0.05) is 47.7 Å². The first-order valence-corrected chi connectivity index (χ1v) is 7.78. The maximum absolute atomic E-state index is 12.6. The van der Waals surface area contributed by atoms with E-state index in [1.165, 1.54) is 6.07 Å². The van der Waals surface area contributed by atoms with Gasteiger partial charge in [0.1, 0.15) is 0 Å². The number of aromatic nitrogens is 1. The molecule has 0 spiro atoms. The molecule has 3 aromatic carbocycles. The zero-order chi connectivity index (χ0) is 16.7. The minimum Gasteiger partial charge on any atom is -0.872 e. The van der Waals surface area contributed by atoms with Gasteiger partial charge in [-0.2, -0.15) is 0 Å². The van der Waals surface area contributed by atoms with Gasteiger partial charge in [-0.3, -0.25) is 4.79 Å². The molecule has 4 nitrogen and oxygen atoms in total. The number of fused-ring (bicyclic) bond motifs is 3. The molecule has 0 atom stereocenters. The van der Waals surface area contributed by atoms with Crippen molar-refractivity contribution in [2.45, 2.75) is 0 Å². The molecule has 118 valence electrons. The number of H-pyrrole nitrogens is 1. The number of nitrogens with one attached hydrogen (secondary N) is 2. The first kappa shape index (κ1) is 18.4. The molecule has 0 radical (unpaired) electrons. The molecule has 0 aliphatic heterocycles. The van der Waals surface area contributed by atoms with Gasteiger partial charge >= 0.3 is 51.4 Å². The van der Waals surface area contributed by atoms with Crippen LogP contribution in [0.1, 0.15) is 10.4 Å². The van der Waals surface area contributed by atoms with Gasteiger partial charge in [-0.05, 0) is 30.3 Å². The van der Waals surface area contributed by atoms with Crippen LogP contribution in [0.25, 0.3) is 21.8 Å². The van der Waals surface area contributed by atoms with Crippen LogP contribution in [0.15, 0.2) is 60.7 Å². The number of anilines is 1. The van der Waals surface area contributed by atoms with Crippen LogP contribution in [0.5, 0.6) is 5.75 Å². The van der Waals surface area contributed by atoms with Gasteiger partial charge in [0.15, 0.2) is 0 Å². The van der Waals surface area contributed by atoms with Crippen LogP contribution in [0.2, 0.25) is 5.02 Å². The normalized spacial score (nSPS) is 10.6. The number of benzene rings is 3. The minimum absolute atomic E-state index is 0. The van der Waals surface area contributed by atoms with E-state index in [1.807, 2.05) is 24.3 Å². The van der Waals surface area contributed by atoms with Crippen molar-refractivity contribution in [2.75, 3.05) is 5.32 Å². The van der Waals surface area contributed by atoms with Crippen molar-refractivity contribution in [1.29, 1.82) is 0 Å². The molecular formula is C19H12ClKN2O2. The van der Waals surface area contributed by atoms with E-state index in [-0.39, 0.29) is 62.7 Å². The summed E-state index contributed by atoms with van der Waals surface area (Å²) in [5.74, 6) is -0.764. The van der Waals surface area contributed by atoms with Crippen LogP contribution < -0.4 is 61.8 Å². The molecule has 25 heavy (non-hydrogen) atoms. The van der Waals surface area contributed by atoms with Crippen LogP contribution >= 0.6 is 11.6 Å². The van der Waals surface area contributed by atoms with Crippen LogP contribution in [0, 0.1) is 0 Å². The Kier molecular flexibility index (Phi) is 5.53. The average Bonchev–Trinajstić information content (AvgIpc) is 2.95. The van der Waals surface area contributed by atoms with Crippen LogP contribution in [0.3, 0.4) is 0 Å². The van der Waals surface area contributed by atoms with Crippen molar-refractivity contribution in [2.24, 2.45) is 0 Å². The summed E-state index contributed by atoms with van der Waals surface area (Å²) in [4.78, 5) is 15.8. The van der Waals surface area contributed by atoms with Gasteiger partial charge in [-0.25, -0.2) is 0 Å². The predicted molar refractivity (Wildman–Crippen MR) is 94.7 cm³/mol. The molecule has 0 saturated heterocycles. The van der Waals surface area contributed by atoms with Crippen molar-refractivity contribution < 1.29 is 61.3 Å². The molecule has 4 aromatic rings. The van der Waals surface area contributed by atoms with Crippen molar-refractivity contribution in [3.05, 3.63) is 71.2 Å². The second-order valence-electron chi connectivity index (χ2n) is 5.49. The van der Waals surface area contributed by atoms with E-state index >= 15 is 0 Å². The summed E-state index contributed by atoms with van der Waals surface area (Å²) >= 11 is 5.85. The van der Waals surface area contributed by atoms with E-state index in [0.29, 0.717) is 16.2 Å². The number of carbonyl (C=O) groups excluding carboxylic acids is 1. The second kappa shape index (κ2) is 7.49. The van der Waals surface area contributed by atoms with Crippen molar-refractivity contribution >= 4 is 45.0 Å². The third kappa shape index (κ3) is 3.49. The van der Waals surface area contributed by atoms with Crippen molar-refractivity contribution in [3.8, 4) is 5.75 Å². The third-order valence-electron chi connectivity index (χ3n) is 3.97. The Morgan fingerprint density at radius 1 is 0.960 bits per heavy atom. The number of halogens is 1.